The predicted molar refractivity (Wildman–Crippen MR) is 81.0 cm³/mol. The van der Waals surface area contributed by atoms with Gasteiger partial charge < -0.3 is 5.73 Å². The van der Waals surface area contributed by atoms with Crippen LogP contribution < -0.4 is 10.5 Å². The molecule has 0 unspecified atom stereocenters. The number of nitrogens with one attached hydrogen (secondary N) is 1. The van der Waals surface area contributed by atoms with E-state index in [1.165, 1.54) is 0 Å². The first-order valence-electron chi connectivity index (χ1n) is 6.46. The lowest BCUT2D eigenvalue weighted by molar-refractivity contribution is 0.600. The predicted octanol–water partition coefficient (Wildman–Crippen LogP) is 2.51. The topological polar surface area (TPSA) is 72.2 Å². The van der Waals surface area contributed by atoms with E-state index in [9.17, 15) is 8.42 Å². The zero-order chi connectivity index (χ0) is 14.6. The van der Waals surface area contributed by atoms with Gasteiger partial charge in [-0.3, -0.25) is 4.72 Å². The molecule has 0 radical (unpaired) electrons. The van der Waals surface area contributed by atoms with Crippen LogP contribution in [0.5, 0.6) is 0 Å². The van der Waals surface area contributed by atoms with Gasteiger partial charge in [0.05, 0.1) is 4.90 Å². The quantitative estimate of drug-likeness (QED) is 0.888. The molecule has 0 heterocycles. The number of sulfonamides is 1. The van der Waals surface area contributed by atoms with E-state index in [-0.39, 0.29) is 0 Å². The standard InChI is InChI=1S/C15H18N2O2S/c1-2-13-9-8-12(11-16)10-15(13)20(18,19)17-14-6-4-3-5-7-14/h3-10,17H,2,11,16H2,1H3. The molecule has 20 heavy (non-hydrogen) atoms. The number of hydrogen-bond donors (Lipinski definition) is 2. The molecule has 0 aliphatic rings. The van der Waals surface area contributed by atoms with Crippen molar-refractivity contribution in [2.24, 2.45) is 5.73 Å². The summed E-state index contributed by atoms with van der Waals surface area (Å²) < 4.78 is 27.6. The molecule has 2 aromatic rings. The first-order valence-corrected chi connectivity index (χ1v) is 7.95. The van der Waals surface area contributed by atoms with Crippen LogP contribution >= 0.6 is 0 Å². The maximum atomic E-state index is 12.5. The maximum Gasteiger partial charge on any atom is 0.262 e. The van der Waals surface area contributed by atoms with Gasteiger partial charge in [-0.1, -0.05) is 37.3 Å². The third-order valence-corrected chi connectivity index (χ3v) is 4.53. The van der Waals surface area contributed by atoms with Gasteiger partial charge in [0.25, 0.3) is 10.0 Å². The van der Waals surface area contributed by atoms with Crippen molar-refractivity contribution in [1.29, 1.82) is 0 Å². The number of aryl methyl sites for hydroxylation is 1. The molecular formula is C15H18N2O2S. The Labute approximate surface area is 119 Å². The van der Waals surface area contributed by atoms with Crippen molar-refractivity contribution in [1.82, 2.24) is 0 Å². The van der Waals surface area contributed by atoms with E-state index in [4.69, 9.17) is 5.73 Å². The van der Waals surface area contributed by atoms with Gasteiger partial charge in [0.1, 0.15) is 0 Å². The van der Waals surface area contributed by atoms with Crippen molar-refractivity contribution < 1.29 is 8.42 Å². The van der Waals surface area contributed by atoms with Crippen LogP contribution in [0.25, 0.3) is 0 Å². The summed E-state index contributed by atoms with van der Waals surface area (Å²) in [6, 6.07) is 14.2. The maximum absolute atomic E-state index is 12.5. The second-order valence-electron chi connectivity index (χ2n) is 4.47. The third kappa shape index (κ3) is 3.18. The van der Waals surface area contributed by atoms with Gasteiger partial charge in [-0.25, -0.2) is 8.42 Å². The van der Waals surface area contributed by atoms with E-state index in [0.29, 0.717) is 23.5 Å². The minimum Gasteiger partial charge on any atom is -0.326 e. The van der Waals surface area contributed by atoms with Crippen molar-refractivity contribution in [3.8, 4) is 0 Å². The fraction of sp³-hybridized carbons (Fsp3) is 0.200. The van der Waals surface area contributed by atoms with E-state index in [0.717, 1.165) is 11.1 Å². The molecule has 0 amide bonds. The summed E-state index contributed by atoms with van der Waals surface area (Å²) in [7, 11) is -3.59. The zero-order valence-corrected chi connectivity index (χ0v) is 12.2. The molecule has 3 N–H and O–H groups in total. The molecule has 2 rings (SSSR count). The molecule has 0 aliphatic carbocycles. The number of rotatable bonds is 5. The van der Waals surface area contributed by atoms with Crippen molar-refractivity contribution in [2.75, 3.05) is 4.72 Å². The highest BCUT2D eigenvalue weighted by Gasteiger charge is 2.18. The van der Waals surface area contributed by atoms with Crippen molar-refractivity contribution >= 4 is 15.7 Å². The molecule has 0 saturated heterocycles. The normalized spacial score (nSPS) is 11.3. The van der Waals surface area contributed by atoms with E-state index < -0.39 is 10.0 Å². The van der Waals surface area contributed by atoms with E-state index >= 15 is 0 Å². The largest absolute Gasteiger partial charge is 0.326 e. The first-order chi connectivity index (χ1) is 9.56. The van der Waals surface area contributed by atoms with Gasteiger partial charge in [-0.2, -0.15) is 0 Å². The molecule has 0 atom stereocenters. The number of hydrogen-bond acceptors (Lipinski definition) is 3. The highest BCUT2D eigenvalue weighted by molar-refractivity contribution is 7.92. The second kappa shape index (κ2) is 6.07. The lowest BCUT2D eigenvalue weighted by Crippen LogP contribution is -2.15. The Balaban J connectivity index is 2.43. The van der Waals surface area contributed by atoms with Crippen LogP contribution in [0, 0.1) is 0 Å². The minimum absolute atomic E-state index is 0.298. The van der Waals surface area contributed by atoms with Gasteiger partial charge in [0.15, 0.2) is 0 Å². The molecule has 0 aromatic heterocycles. The smallest absolute Gasteiger partial charge is 0.262 e. The van der Waals surface area contributed by atoms with Crippen molar-refractivity contribution in [3.63, 3.8) is 0 Å². The van der Waals surface area contributed by atoms with Gasteiger partial charge >= 0.3 is 0 Å². The summed E-state index contributed by atoms with van der Waals surface area (Å²) in [6.07, 6.45) is 0.649. The van der Waals surface area contributed by atoms with Gasteiger partial charge in [-0.15, -0.1) is 0 Å². The Bertz CT molecular complexity index is 682. The summed E-state index contributed by atoms with van der Waals surface area (Å²) in [5.41, 5.74) is 7.72. The molecule has 5 heteroatoms. The van der Waals surface area contributed by atoms with Gasteiger partial charge in [-0.05, 0) is 35.7 Å². The molecule has 0 fully saturated rings. The molecule has 2 aromatic carbocycles. The SMILES string of the molecule is CCc1ccc(CN)cc1S(=O)(=O)Nc1ccccc1. The van der Waals surface area contributed by atoms with E-state index in [1.54, 1.807) is 30.3 Å². The Morgan fingerprint density at radius 1 is 1.10 bits per heavy atom. The Morgan fingerprint density at radius 2 is 1.80 bits per heavy atom. The molecular weight excluding hydrogens is 272 g/mol. The summed E-state index contributed by atoms with van der Waals surface area (Å²) >= 11 is 0. The fourth-order valence-electron chi connectivity index (χ4n) is 1.98. The van der Waals surface area contributed by atoms with Crippen LogP contribution in [0.4, 0.5) is 5.69 Å². The third-order valence-electron chi connectivity index (χ3n) is 3.06. The molecule has 0 bridgehead atoms. The molecule has 0 spiro atoms. The fourth-order valence-corrected chi connectivity index (χ4v) is 3.40. The van der Waals surface area contributed by atoms with Crippen LogP contribution in [-0.4, -0.2) is 8.42 Å². The average molecular weight is 290 g/mol. The zero-order valence-electron chi connectivity index (χ0n) is 11.3. The molecule has 106 valence electrons. The van der Waals surface area contributed by atoms with Crippen LogP contribution in [0.1, 0.15) is 18.1 Å². The number of anilines is 1. The van der Waals surface area contributed by atoms with Crippen LogP contribution in [0.15, 0.2) is 53.4 Å². The Hall–Kier alpha value is -1.85. The van der Waals surface area contributed by atoms with Crippen molar-refractivity contribution in [3.05, 3.63) is 59.7 Å². The van der Waals surface area contributed by atoms with Crippen LogP contribution in [-0.2, 0) is 23.0 Å². The Kier molecular flexibility index (Phi) is 4.42. The van der Waals surface area contributed by atoms with E-state index in [2.05, 4.69) is 4.72 Å². The molecule has 0 saturated carbocycles. The van der Waals surface area contributed by atoms with Crippen LogP contribution in [0.2, 0.25) is 0 Å². The monoisotopic (exact) mass is 290 g/mol. The second-order valence-corrected chi connectivity index (χ2v) is 6.12. The minimum atomic E-state index is -3.59. The lowest BCUT2D eigenvalue weighted by atomic mass is 10.1. The van der Waals surface area contributed by atoms with Crippen molar-refractivity contribution in [2.45, 2.75) is 24.8 Å². The Morgan fingerprint density at radius 3 is 2.40 bits per heavy atom. The molecule has 4 nitrogen and oxygen atoms in total. The summed E-state index contributed by atoms with van der Waals surface area (Å²) in [6.45, 7) is 2.25. The van der Waals surface area contributed by atoms with Crippen LogP contribution in [0.3, 0.4) is 0 Å². The first kappa shape index (κ1) is 14.6. The number of benzene rings is 2. The highest BCUT2D eigenvalue weighted by Crippen LogP contribution is 2.21. The summed E-state index contributed by atoms with van der Waals surface area (Å²) in [4.78, 5) is 0.298. The number of para-hydroxylation sites is 1. The highest BCUT2D eigenvalue weighted by atomic mass is 32.2. The average Bonchev–Trinajstić information content (AvgIpc) is 2.47. The lowest BCUT2D eigenvalue weighted by Gasteiger charge is -2.12. The number of nitrogens with two attached hydrogens (primary N) is 1. The summed E-state index contributed by atoms with van der Waals surface area (Å²) in [5, 5.41) is 0. The summed E-state index contributed by atoms with van der Waals surface area (Å²) in [5.74, 6) is 0. The van der Waals surface area contributed by atoms with Gasteiger partial charge in [0.2, 0.25) is 0 Å². The molecule has 0 aliphatic heterocycles. The van der Waals surface area contributed by atoms with Gasteiger partial charge in [0, 0.05) is 12.2 Å². The van der Waals surface area contributed by atoms with E-state index in [1.807, 2.05) is 25.1 Å².